The molecule has 108 valence electrons. The maximum Gasteiger partial charge on any atom is 0.269 e. The van der Waals surface area contributed by atoms with Crippen molar-refractivity contribution < 1.29 is 9.72 Å². The number of carbonyl (C=O) groups is 1. The molecule has 1 saturated carbocycles. The molecule has 1 aromatic heterocycles. The van der Waals surface area contributed by atoms with Gasteiger partial charge in [0.05, 0.1) is 16.5 Å². The molecule has 6 heteroatoms. The van der Waals surface area contributed by atoms with Gasteiger partial charge in [-0.1, -0.05) is 0 Å². The molecule has 1 heterocycles. The van der Waals surface area contributed by atoms with Gasteiger partial charge in [0, 0.05) is 23.9 Å². The van der Waals surface area contributed by atoms with E-state index in [0.29, 0.717) is 22.7 Å². The zero-order valence-corrected chi connectivity index (χ0v) is 11.6. The lowest BCUT2D eigenvalue weighted by atomic mass is 10.1. The number of aldehydes is 1. The molecule has 21 heavy (non-hydrogen) atoms. The minimum absolute atomic E-state index is 0.0252. The highest BCUT2D eigenvalue weighted by atomic mass is 16.6. The van der Waals surface area contributed by atoms with Gasteiger partial charge >= 0.3 is 0 Å². The highest BCUT2D eigenvalue weighted by Gasteiger charge is 2.30. The van der Waals surface area contributed by atoms with Crippen LogP contribution in [0.3, 0.4) is 0 Å². The van der Waals surface area contributed by atoms with Crippen LogP contribution in [0.25, 0.3) is 11.3 Å². The minimum atomic E-state index is -0.446. The summed E-state index contributed by atoms with van der Waals surface area (Å²) < 4.78 is 1.83. The van der Waals surface area contributed by atoms with E-state index < -0.39 is 4.92 Å². The Labute approximate surface area is 121 Å². The predicted octanol–water partition coefficient (Wildman–Crippen LogP) is 3.24. The number of benzene rings is 1. The second kappa shape index (κ2) is 5.12. The molecule has 0 amide bonds. The lowest BCUT2D eigenvalue weighted by molar-refractivity contribution is -0.384. The van der Waals surface area contributed by atoms with Gasteiger partial charge in [-0.25, -0.2) is 0 Å². The van der Waals surface area contributed by atoms with Crippen LogP contribution in [0.1, 0.15) is 36.2 Å². The topological polar surface area (TPSA) is 78.0 Å². The van der Waals surface area contributed by atoms with Crippen LogP contribution in [-0.4, -0.2) is 21.0 Å². The highest BCUT2D eigenvalue weighted by Crippen LogP contribution is 2.39. The summed E-state index contributed by atoms with van der Waals surface area (Å²) in [4.78, 5) is 21.5. The molecule has 3 rings (SSSR count). The van der Waals surface area contributed by atoms with Gasteiger partial charge in [-0.3, -0.25) is 19.6 Å². The fraction of sp³-hybridized carbons (Fsp3) is 0.333. The second-order valence-corrected chi connectivity index (χ2v) is 5.41. The average molecular weight is 285 g/mol. The van der Waals surface area contributed by atoms with Crippen molar-refractivity contribution in [3.63, 3.8) is 0 Å². The van der Waals surface area contributed by atoms with E-state index in [9.17, 15) is 14.9 Å². The number of non-ortho nitro benzene ring substituents is 1. The molecule has 1 aliphatic rings. The zero-order valence-electron chi connectivity index (χ0n) is 11.6. The molecule has 1 aliphatic carbocycles. The van der Waals surface area contributed by atoms with Crippen LogP contribution in [0.2, 0.25) is 0 Å². The van der Waals surface area contributed by atoms with E-state index in [-0.39, 0.29) is 11.7 Å². The molecular weight excluding hydrogens is 270 g/mol. The van der Waals surface area contributed by atoms with Crippen LogP contribution < -0.4 is 0 Å². The molecule has 0 aliphatic heterocycles. The fourth-order valence-corrected chi connectivity index (χ4v) is 2.46. The standard InChI is InChI=1S/C15H15N3O3/c1-10(11-2-3-11)17-8-13(9-19)15(16-17)12-4-6-14(7-5-12)18(20)21/h4-11H,2-3H2,1H3. The molecule has 1 atom stereocenters. The van der Waals surface area contributed by atoms with Crippen molar-refractivity contribution in [2.75, 3.05) is 0 Å². The first-order chi connectivity index (χ1) is 10.1. The molecule has 0 spiro atoms. The maximum absolute atomic E-state index is 11.2. The normalized spacial score (nSPS) is 15.7. The van der Waals surface area contributed by atoms with Crippen LogP contribution >= 0.6 is 0 Å². The van der Waals surface area contributed by atoms with Gasteiger partial charge in [0.1, 0.15) is 5.69 Å². The summed E-state index contributed by atoms with van der Waals surface area (Å²) in [7, 11) is 0. The Balaban J connectivity index is 1.96. The zero-order chi connectivity index (χ0) is 15.0. The number of nitro groups is 1. The Hall–Kier alpha value is -2.50. The SMILES string of the molecule is CC(C1CC1)n1cc(C=O)c(-c2ccc([N+](=O)[O-])cc2)n1. The molecule has 1 fully saturated rings. The summed E-state index contributed by atoms with van der Waals surface area (Å²) in [5, 5.41) is 15.2. The van der Waals surface area contributed by atoms with Crippen molar-refractivity contribution in [1.29, 1.82) is 0 Å². The average Bonchev–Trinajstić information content (AvgIpc) is 3.25. The van der Waals surface area contributed by atoms with Crippen LogP contribution in [0, 0.1) is 16.0 Å². The Morgan fingerprint density at radius 1 is 1.38 bits per heavy atom. The highest BCUT2D eigenvalue weighted by molar-refractivity contribution is 5.85. The Morgan fingerprint density at radius 2 is 2.05 bits per heavy atom. The van der Waals surface area contributed by atoms with Gasteiger partial charge in [-0.15, -0.1) is 0 Å². The van der Waals surface area contributed by atoms with Crippen molar-refractivity contribution in [2.24, 2.45) is 5.92 Å². The van der Waals surface area contributed by atoms with Crippen LogP contribution in [-0.2, 0) is 0 Å². The van der Waals surface area contributed by atoms with Gasteiger partial charge in [0.15, 0.2) is 6.29 Å². The van der Waals surface area contributed by atoms with E-state index in [1.54, 1.807) is 18.3 Å². The first-order valence-corrected chi connectivity index (χ1v) is 6.89. The minimum Gasteiger partial charge on any atom is -0.298 e. The molecule has 0 bridgehead atoms. The third-order valence-corrected chi connectivity index (χ3v) is 3.96. The third-order valence-electron chi connectivity index (χ3n) is 3.96. The summed E-state index contributed by atoms with van der Waals surface area (Å²) >= 11 is 0. The smallest absolute Gasteiger partial charge is 0.269 e. The number of carbonyl (C=O) groups excluding carboxylic acids is 1. The molecular formula is C15H15N3O3. The largest absolute Gasteiger partial charge is 0.298 e. The van der Waals surface area contributed by atoms with E-state index in [2.05, 4.69) is 12.0 Å². The summed E-state index contributed by atoms with van der Waals surface area (Å²) in [5.41, 5.74) is 1.82. The van der Waals surface area contributed by atoms with Crippen molar-refractivity contribution >= 4 is 12.0 Å². The lowest BCUT2D eigenvalue weighted by Gasteiger charge is -2.09. The maximum atomic E-state index is 11.2. The van der Waals surface area contributed by atoms with Crippen LogP contribution in [0.15, 0.2) is 30.5 Å². The van der Waals surface area contributed by atoms with Crippen LogP contribution in [0.5, 0.6) is 0 Å². The number of hydrogen-bond acceptors (Lipinski definition) is 4. The molecule has 0 N–H and O–H groups in total. The Kier molecular flexibility index (Phi) is 3.29. The number of aromatic nitrogens is 2. The monoisotopic (exact) mass is 285 g/mol. The first-order valence-electron chi connectivity index (χ1n) is 6.89. The molecule has 2 aromatic rings. The molecule has 1 unspecified atom stereocenters. The molecule has 0 saturated heterocycles. The predicted molar refractivity (Wildman–Crippen MR) is 77.1 cm³/mol. The summed E-state index contributed by atoms with van der Waals surface area (Å²) in [6.07, 6.45) is 4.93. The van der Waals surface area contributed by atoms with E-state index in [0.717, 1.165) is 6.29 Å². The lowest BCUT2D eigenvalue weighted by Crippen LogP contribution is -2.07. The van der Waals surface area contributed by atoms with E-state index in [1.165, 1.54) is 25.0 Å². The fourth-order valence-electron chi connectivity index (χ4n) is 2.46. The van der Waals surface area contributed by atoms with Gasteiger partial charge in [-0.05, 0) is 37.8 Å². The third kappa shape index (κ3) is 2.56. The molecule has 0 radical (unpaired) electrons. The number of nitrogens with zero attached hydrogens (tertiary/aromatic N) is 3. The summed E-state index contributed by atoms with van der Waals surface area (Å²) in [6, 6.07) is 6.37. The van der Waals surface area contributed by atoms with Crippen molar-refractivity contribution in [3.8, 4) is 11.3 Å². The number of rotatable bonds is 5. The van der Waals surface area contributed by atoms with Gasteiger partial charge in [0.25, 0.3) is 5.69 Å². The van der Waals surface area contributed by atoms with Gasteiger partial charge in [0.2, 0.25) is 0 Å². The Morgan fingerprint density at radius 3 is 2.57 bits per heavy atom. The van der Waals surface area contributed by atoms with Crippen LogP contribution in [0.4, 0.5) is 5.69 Å². The van der Waals surface area contributed by atoms with Crippen molar-refractivity contribution in [3.05, 3.63) is 46.1 Å². The van der Waals surface area contributed by atoms with Crippen molar-refractivity contribution in [2.45, 2.75) is 25.8 Å². The Bertz CT molecular complexity index is 687. The summed E-state index contributed by atoms with van der Waals surface area (Å²) in [5.74, 6) is 0.633. The van der Waals surface area contributed by atoms with Gasteiger partial charge < -0.3 is 0 Å². The van der Waals surface area contributed by atoms with E-state index >= 15 is 0 Å². The summed E-state index contributed by atoms with van der Waals surface area (Å²) in [6.45, 7) is 2.10. The molecule has 1 aromatic carbocycles. The second-order valence-electron chi connectivity index (χ2n) is 5.41. The van der Waals surface area contributed by atoms with E-state index in [1.807, 2.05) is 4.68 Å². The van der Waals surface area contributed by atoms with Crippen molar-refractivity contribution in [1.82, 2.24) is 9.78 Å². The number of nitro benzene ring substituents is 1. The van der Waals surface area contributed by atoms with E-state index in [4.69, 9.17) is 0 Å². The van der Waals surface area contributed by atoms with Gasteiger partial charge in [-0.2, -0.15) is 5.10 Å². The quantitative estimate of drug-likeness (QED) is 0.480. The first kappa shape index (κ1) is 13.5. The number of hydrogen-bond donors (Lipinski definition) is 0. The molecule has 6 nitrogen and oxygen atoms in total.